The van der Waals surface area contributed by atoms with Crippen LogP contribution >= 0.6 is 0 Å². The van der Waals surface area contributed by atoms with Crippen LogP contribution in [-0.4, -0.2) is 86.6 Å². The minimum Gasteiger partial charge on any atom is -0.378 e. The van der Waals surface area contributed by atoms with Crippen LogP contribution in [0.1, 0.15) is 0 Å². The van der Waals surface area contributed by atoms with Crippen LogP contribution in [0.3, 0.4) is 0 Å². The average molecular weight is 435 g/mol. The molecule has 0 unspecified atom stereocenters. The zero-order valence-electron chi connectivity index (χ0n) is 19.3. The fourth-order valence-electron chi connectivity index (χ4n) is 2.69. The summed E-state index contributed by atoms with van der Waals surface area (Å²) >= 11 is 0. The monoisotopic (exact) mass is 434 g/mol. The van der Waals surface area contributed by atoms with Crippen molar-refractivity contribution in [1.82, 2.24) is 4.23 Å². The van der Waals surface area contributed by atoms with E-state index in [1.54, 1.807) is 12.2 Å². The van der Waals surface area contributed by atoms with Crippen LogP contribution in [0.25, 0.3) is 0 Å². The highest BCUT2D eigenvalue weighted by Crippen LogP contribution is 2.18. The quantitative estimate of drug-likeness (QED) is 0.215. The molecule has 0 aromatic rings. The Labute approximate surface area is 176 Å². The van der Waals surface area contributed by atoms with Gasteiger partial charge in [0.2, 0.25) is 0 Å². The molecule has 0 bridgehead atoms. The predicted octanol–water partition coefficient (Wildman–Crippen LogP) is 3.34. The molecule has 168 valence electrons. The fraction of sp³-hybridized carbons (Fsp3) is 0.800. The Bertz CT molecular complexity index is 358. The molecule has 0 fully saturated rings. The average Bonchev–Trinajstić information content (AvgIpc) is 2.59. The third kappa shape index (κ3) is 20.4. The molecule has 2 N–H and O–H groups in total. The van der Waals surface area contributed by atoms with Gasteiger partial charge in [0.1, 0.15) is 16.5 Å². The van der Waals surface area contributed by atoms with Gasteiger partial charge in [-0.2, -0.15) is 0 Å². The van der Waals surface area contributed by atoms with Gasteiger partial charge >= 0.3 is 0 Å². The zero-order valence-corrected chi connectivity index (χ0v) is 21.3. The lowest BCUT2D eigenvalue weighted by Gasteiger charge is -2.43. The summed E-state index contributed by atoms with van der Waals surface area (Å²) in [6.45, 7) is 28.4. The molecule has 0 aromatic heterocycles. The van der Waals surface area contributed by atoms with Gasteiger partial charge < -0.3 is 28.9 Å². The van der Waals surface area contributed by atoms with Gasteiger partial charge in [0.05, 0.1) is 52.9 Å². The van der Waals surface area contributed by atoms with Gasteiger partial charge in [0.15, 0.2) is 0 Å². The Hall–Kier alpha value is -0.326. The summed E-state index contributed by atoms with van der Waals surface area (Å²) in [5, 5.41) is 0. The van der Waals surface area contributed by atoms with Crippen molar-refractivity contribution in [3.63, 3.8) is 0 Å². The molecule has 0 aliphatic rings. The smallest absolute Gasteiger partial charge is 0.112 e. The van der Waals surface area contributed by atoms with Crippen molar-refractivity contribution in [3.8, 4) is 0 Å². The van der Waals surface area contributed by atoms with E-state index in [1.165, 1.54) is 0 Å². The molecule has 6 nitrogen and oxygen atoms in total. The van der Waals surface area contributed by atoms with Gasteiger partial charge in [-0.3, -0.25) is 0 Å². The standard InChI is InChI=1S/C13H31NO2Si2.C7H15NO2/c1-8-10-15-12-13-16-11-9-14(17(2,3)4)18(5,6)7;1-2-4-9-6-7-10-5-3-8/h8H,1,9-13H2,2-7H3;2H,1,3-8H2. The van der Waals surface area contributed by atoms with Gasteiger partial charge in [0.25, 0.3) is 0 Å². The molecular formula is C20H46N2O4Si2. The van der Waals surface area contributed by atoms with E-state index >= 15 is 0 Å². The molecule has 0 saturated heterocycles. The highest BCUT2D eigenvalue weighted by atomic mass is 28.4. The third-order valence-corrected chi connectivity index (χ3v) is 11.3. The van der Waals surface area contributed by atoms with E-state index in [4.69, 9.17) is 24.7 Å². The maximum Gasteiger partial charge on any atom is 0.112 e. The molecule has 0 aliphatic carbocycles. The van der Waals surface area contributed by atoms with Gasteiger partial charge in [-0.05, 0) is 0 Å². The molecule has 0 radical (unpaired) electrons. The summed E-state index contributed by atoms with van der Waals surface area (Å²) in [4.78, 5) is 0. The first-order valence-corrected chi connectivity index (χ1v) is 17.0. The highest BCUT2D eigenvalue weighted by molar-refractivity contribution is 6.89. The Balaban J connectivity index is 0. The first-order chi connectivity index (χ1) is 13.1. The van der Waals surface area contributed by atoms with Crippen molar-refractivity contribution in [1.29, 1.82) is 0 Å². The van der Waals surface area contributed by atoms with Crippen molar-refractivity contribution in [2.24, 2.45) is 5.73 Å². The number of ether oxygens (including phenoxy) is 4. The van der Waals surface area contributed by atoms with Crippen LogP contribution in [0, 0.1) is 0 Å². The lowest BCUT2D eigenvalue weighted by molar-refractivity contribution is 0.0572. The Morgan fingerprint density at radius 1 is 0.679 bits per heavy atom. The van der Waals surface area contributed by atoms with Crippen molar-refractivity contribution in [2.75, 3.05) is 65.9 Å². The maximum atomic E-state index is 5.64. The second kappa shape index (κ2) is 18.7. The zero-order chi connectivity index (χ0) is 21.9. The molecule has 0 atom stereocenters. The van der Waals surface area contributed by atoms with E-state index in [2.05, 4.69) is 56.7 Å². The first kappa shape index (κ1) is 29.9. The molecule has 8 heteroatoms. The van der Waals surface area contributed by atoms with Crippen LogP contribution < -0.4 is 5.73 Å². The Morgan fingerprint density at radius 2 is 1.07 bits per heavy atom. The van der Waals surface area contributed by atoms with Crippen molar-refractivity contribution < 1.29 is 18.9 Å². The molecule has 0 aromatic carbocycles. The lowest BCUT2D eigenvalue weighted by atomic mass is 10.6. The molecule has 0 heterocycles. The summed E-state index contributed by atoms with van der Waals surface area (Å²) in [5.41, 5.74) is 5.19. The molecule has 0 amide bonds. The molecule has 0 aliphatic heterocycles. The Morgan fingerprint density at radius 3 is 1.43 bits per heavy atom. The Kier molecular flexibility index (Phi) is 19.9. The summed E-state index contributed by atoms with van der Waals surface area (Å²) in [6.07, 6.45) is 3.47. The van der Waals surface area contributed by atoms with E-state index < -0.39 is 16.5 Å². The van der Waals surface area contributed by atoms with E-state index in [0.29, 0.717) is 52.8 Å². The molecular weight excluding hydrogens is 388 g/mol. The van der Waals surface area contributed by atoms with E-state index in [-0.39, 0.29) is 0 Å². The van der Waals surface area contributed by atoms with Gasteiger partial charge in [-0.1, -0.05) is 51.4 Å². The molecule has 28 heavy (non-hydrogen) atoms. The number of hydrogen-bond donors (Lipinski definition) is 1. The lowest BCUT2D eigenvalue weighted by Crippen LogP contribution is -2.59. The largest absolute Gasteiger partial charge is 0.378 e. The number of nitrogens with two attached hydrogens (primary N) is 1. The summed E-state index contributed by atoms with van der Waals surface area (Å²) in [7, 11) is -2.47. The van der Waals surface area contributed by atoms with Crippen LogP contribution in [0.15, 0.2) is 25.3 Å². The number of hydrogen-bond acceptors (Lipinski definition) is 6. The summed E-state index contributed by atoms with van der Waals surface area (Å²) < 4.78 is 23.8. The second-order valence-corrected chi connectivity index (χ2v) is 18.4. The van der Waals surface area contributed by atoms with Crippen molar-refractivity contribution in [3.05, 3.63) is 25.3 Å². The minimum absolute atomic E-state index is 0.571. The van der Waals surface area contributed by atoms with Crippen LogP contribution in [0.2, 0.25) is 39.3 Å². The summed E-state index contributed by atoms with van der Waals surface area (Å²) in [6, 6.07) is 0. The molecule has 0 rings (SSSR count). The van der Waals surface area contributed by atoms with E-state index in [0.717, 1.165) is 13.2 Å². The minimum atomic E-state index is -1.23. The van der Waals surface area contributed by atoms with Gasteiger partial charge in [0, 0.05) is 13.1 Å². The van der Waals surface area contributed by atoms with E-state index in [9.17, 15) is 0 Å². The topological polar surface area (TPSA) is 66.2 Å². The van der Waals surface area contributed by atoms with Gasteiger partial charge in [-0.15, -0.1) is 13.2 Å². The van der Waals surface area contributed by atoms with Crippen LogP contribution in [0.4, 0.5) is 0 Å². The first-order valence-electron chi connectivity index (χ1n) is 10.1. The summed E-state index contributed by atoms with van der Waals surface area (Å²) in [5.74, 6) is 0. The maximum absolute atomic E-state index is 5.64. The van der Waals surface area contributed by atoms with E-state index in [1.807, 2.05) is 0 Å². The molecule has 0 saturated carbocycles. The van der Waals surface area contributed by atoms with Crippen molar-refractivity contribution >= 4 is 16.5 Å². The number of nitrogens with zero attached hydrogens (tertiary/aromatic N) is 1. The van der Waals surface area contributed by atoms with Gasteiger partial charge in [-0.25, -0.2) is 0 Å². The van der Waals surface area contributed by atoms with Crippen LogP contribution in [0.5, 0.6) is 0 Å². The van der Waals surface area contributed by atoms with Crippen molar-refractivity contribution in [2.45, 2.75) is 39.3 Å². The SMILES string of the molecule is C=CCOCCOCCN.C=CCOCCOCCN([Si](C)(C)C)[Si](C)(C)C. The third-order valence-electron chi connectivity index (χ3n) is 3.56. The highest BCUT2D eigenvalue weighted by Gasteiger charge is 2.33. The normalized spacial score (nSPS) is 11.9. The molecule has 0 spiro atoms. The second-order valence-electron chi connectivity index (χ2n) is 8.23. The number of rotatable bonds is 17. The fourth-order valence-corrected chi connectivity index (χ4v) is 12.3. The predicted molar refractivity (Wildman–Crippen MR) is 126 cm³/mol. The van der Waals surface area contributed by atoms with Crippen LogP contribution in [-0.2, 0) is 18.9 Å².